The number of nitrogens with zero attached hydrogens (tertiary/aromatic N) is 1. The number of halogens is 1. The highest BCUT2D eigenvalue weighted by atomic mass is 35.5. The van der Waals surface area contributed by atoms with Crippen LogP contribution in [0.5, 0.6) is 0 Å². The number of rotatable bonds is 2. The SMILES string of the molecule is Cc1cc(C)c(C(=O)N2CCC(O)(c3ccc(Cl)cc3)CC2)c(=O)[nH]1. The first kappa shape index (κ1) is 17.7. The summed E-state index contributed by atoms with van der Waals surface area (Å²) in [6.07, 6.45) is 0.840. The molecule has 0 spiro atoms. The predicted octanol–water partition coefficient (Wildman–Crippen LogP) is 2.77. The van der Waals surface area contributed by atoms with E-state index in [0.29, 0.717) is 36.5 Å². The van der Waals surface area contributed by atoms with Crippen molar-refractivity contribution in [1.29, 1.82) is 0 Å². The quantitative estimate of drug-likeness (QED) is 0.864. The average Bonchev–Trinajstić information content (AvgIpc) is 2.55. The zero-order valence-corrected chi connectivity index (χ0v) is 15.1. The number of piperidine rings is 1. The number of nitrogens with one attached hydrogen (secondary N) is 1. The van der Waals surface area contributed by atoms with E-state index in [1.807, 2.05) is 12.1 Å². The molecule has 1 aliphatic rings. The van der Waals surface area contributed by atoms with Crippen LogP contribution < -0.4 is 5.56 Å². The summed E-state index contributed by atoms with van der Waals surface area (Å²) in [5.41, 5.74) is 1.05. The predicted molar refractivity (Wildman–Crippen MR) is 97.0 cm³/mol. The van der Waals surface area contributed by atoms with Gasteiger partial charge in [0, 0.05) is 23.8 Å². The van der Waals surface area contributed by atoms with Crippen molar-refractivity contribution < 1.29 is 9.90 Å². The molecule has 2 N–H and O–H groups in total. The maximum atomic E-state index is 12.8. The topological polar surface area (TPSA) is 73.4 Å². The largest absolute Gasteiger partial charge is 0.385 e. The summed E-state index contributed by atoms with van der Waals surface area (Å²) in [7, 11) is 0. The molecule has 1 fully saturated rings. The van der Waals surface area contributed by atoms with Crippen LogP contribution in [0.1, 0.15) is 40.0 Å². The number of likely N-dealkylation sites (tertiary alicyclic amines) is 1. The molecule has 1 aromatic carbocycles. The number of aryl methyl sites for hydroxylation is 2. The molecule has 1 saturated heterocycles. The molecule has 1 aliphatic heterocycles. The minimum Gasteiger partial charge on any atom is -0.385 e. The fourth-order valence-electron chi connectivity index (χ4n) is 3.41. The highest BCUT2D eigenvalue weighted by molar-refractivity contribution is 6.30. The Kier molecular flexibility index (Phi) is 4.71. The molecule has 1 amide bonds. The highest BCUT2D eigenvalue weighted by Gasteiger charge is 2.36. The van der Waals surface area contributed by atoms with Crippen molar-refractivity contribution in [3.05, 3.63) is 68.1 Å². The van der Waals surface area contributed by atoms with Crippen LogP contribution in [0, 0.1) is 13.8 Å². The maximum Gasteiger partial charge on any atom is 0.261 e. The molecule has 0 aliphatic carbocycles. The molecule has 0 atom stereocenters. The van der Waals surface area contributed by atoms with Gasteiger partial charge in [0.25, 0.3) is 11.5 Å². The number of hydrogen-bond donors (Lipinski definition) is 2. The number of amides is 1. The van der Waals surface area contributed by atoms with Crippen molar-refractivity contribution in [2.45, 2.75) is 32.3 Å². The Morgan fingerprint density at radius 2 is 1.80 bits per heavy atom. The molecule has 6 heteroatoms. The Labute approximate surface area is 151 Å². The van der Waals surface area contributed by atoms with E-state index in [1.165, 1.54) is 0 Å². The number of hydrogen-bond acceptors (Lipinski definition) is 3. The van der Waals surface area contributed by atoms with Crippen molar-refractivity contribution in [2.75, 3.05) is 13.1 Å². The Morgan fingerprint density at radius 1 is 1.20 bits per heavy atom. The fourth-order valence-corrected chi connectivity index (χ4v) is 3.53. The Balaban J connectivity index is 1.77. The summed E-state index contributed by atoms with van der Waals surface area (Å²) >= 11 is 5.90. The van der Waals surface area contributed by atoms with Crippen LogP contribution in [-0.4, -0.2) is 34.0 Å². The zero-order valence-electron chi connectivity index (χ0n) is 14.3. The summed E-state index contributed by atoms with van der Waals surface area (Å²) in [5.74, 6) is -0.281. The van der Waals surface area contributed by atoms with Gasteiger partial charge in [0.2, 0.25) is 0 Å². The first-order valence-electron chi connectivity index (χ1n) is 8.28. The normalized spacial score (nSPS) is 16.7. The third-order valence-electron chi connectivity index (χ3n) is 4.84. The molecular weight excluding hydrogens is 340 g/mol. The molecule has 5 nitrogen and oxygen atoms in total. The van der Waals surface area contributed by atoms with E-state index in [1.54, 1.807) is 36.9 Å². The van der Waals surface area contributed by atoms with Gasteiger partial charge in [-0.2, -0.15) is 0 Å². The lowest BCUT2D eigenvalue weighted by Crippen LogP contribution is -2.46. The molecule has 25 heavy (non-hydrogen) atoms. The van der Waals surface area contributed by atoms with Crippen molar-refractivity contribution in [1.82, 2.24) is 9.88 Å². The van der Waals surface area contributed by atoms with Crippen molar-refractivity contribution in [2.24, 2.45) is 0 Å². The second kappa shape index (κ2) is 6.65. The van der Waals surface area contributed by atoms with Crippen LogP contribution in [-0.2, 0) is 5.60 Å². The van der Waals surface area contributed by atoms with E-state index in [0.717, 1.165) is 11.3 Å². The first-order chi connectivity index (χ1) is 11.8. The van der Waals surface area contributed by atoms with Crippen LogP contribution in [0.3, 0.4) is 0 Å². The molecule has 1 aromatic heterocycles. The second-order valence-corrected chi connectivity index (χ2v) is 7.11. The number of aromatic nitrogens is 1. The Bertz CT molecular complexity index is 850. The number of aromatic amines is 1. The van der Waals surface area contributed by atoms with Crippen molar-refractivity contribution in [3.63, 3.8) is 0 Å². The number of carbonyl (C=O) groups is 1. The van der Waals surface area contributed by atoms with Gasteiger partial charge < -0.3 is 15.0 Å². The summed E-state index contributed by atoms with van der Waals surface area (Å²) < 4.78 is 0. The molecule has 0 radical (unpaired) electrons. The van der Waals surface area contributed by atoms with Crippen LogP contribution >= 0.6 is 11.6 Å². The van der Waals surface area contributed by atoms with Gasteiger partial charge in [-0.25, -0.2) is 0 Å². The van der Waals surface area contributed by atoms with Crippen molar-refractivity contribution in [3.8, 4) is 0 Å². The Morgan fingerprint density at radius 3 is 2.36 bits per heavy atom. The molecule has 132 valence electrons. The van der Waals surface area contributed by atoms with E-state index in [2.05, 4.69) is 4.98 Å². The number of pyridine rings is 1. The van der Waals surface area contributed by atoms with E-state index in [-0.39, 0.29) is 17.0 Å². The van der Waals surface area contributed by atoms with Gasteiger partial charge in [-0.05, 0) is 56.0 Å². The Hall–Kier alpha value is -2.11. The summed E-state index contributed by atoms with van der Waals surface area (Å²) in [6.45, 7) is 4.34. The van der Waals surface area contributed by atoms with Crippen molar-refractivity contribution >= 4 is 17.5 Å². The van der Waals surface area contributed by atoms with Crippen LogP contribution in [0.2, 0.25) is 5.02 Å². The minimum absolute atomic E-state index is 0.183. The first-order valence-corrected chi connectivity index (χ1v) is 8.66. The second-order valence-electron chi connectivity index (χ2n) is 6.67. The third kappa shape index (κ3) is 3.48. The number of aliphatic hydroxyl groups is 1. The van der Waals surface area contributed by atoms with Gasteiger partial charge in [-0.1, -0.05) is 23.7 Å². The number of H-pyrrole nitrogens is 1. The van der Waals surface area contributed by atoms with Gasteiger partial charge in [0.1, 0.15) is 5.56 Å². The van der Waals surface area contributed by atoms with Gasteiger partial charge in [-0.3, -0.25) is 9.59 Å². The maximum absolute atomic E-state index is 12.8. The smallest absolute Gasteiger partial charge is 0.261 e. The molecule has 2 aromatic rings. The molecule has 0 saturated carbocycles. The minimum atomic E-state index is -0.976. The fraction of sp³-hybridized carbons (Fsp3) is 0.368. The molecule has 2 heterocycles. The molecular formula is C19H21ClN2O3. The van der Waals surface area contributed by atoms with E-state index in [4.69, 9.17) is 11.6 Å². The van der Waals surface area contributed by atoms with Crippen LogP contribution in [0.15, 0.2) is 35.1 Å². The third-order valence-corrected chi connectivity index (χ3v) is 5.09. The van der Waals surface area contributed by atoms with E-state index in [9.17, 15) is 14.7 Å². The molecule has 3 rings (SSSR count). The summed E-state index contributed by atoms with van der Waals surface area (Å²) in [5, 5.41) is 11.5. The number of carbonyl (C=O) groups excluding carboxylic acids is 1. The lowest BCUT2D eigenvalue weighted by Gasteiger charge is -2.38. The molecule has 0 unspecified atom stereocenters. The lowest BCUT2D eigenvalue weighted by atomic mass is 9.84. The number of benzene rings is 1. The van der Waals surface area contributed by atoms with Gasteiger partial charge in [-0.15, -0.1) is 0 Å². The van der Waals surface area contributed by atoms with Crippen LogP contribution in [0.4, 0.5) is 0 Å². The lowest BCUT2D eigenvalue weighted by molar-refractivity contribution is -0.0211. The van der Waals surface area contributed by atoms with E-state index < -0.39 is 5.60 Å². The zero-order chi connectivity index (χ0) is 18.2. The van der Waals surface area contributed by atoms with Crippen LogP contribution in [0.25, 0.3) is 0 Å². The summed E-state index contributed by atoms with van der Waals surface area (Å²) in [4.78, 5) is 29.2. The monoisotopic (exact) mass is 360 g/mol. The summed E-state index contributed by atoms with van der Waals surface area (Å²) in [6, 6.07) is 8.93. The average molecular weight is 361 g/mol. The molecule has 0 bridgehead atoms. The van der Waals surface area contributed by atoms with E-state index >= 15 is 0 Å². The standard InChI is InChI=1S/C19H21ClN2O3/c1-12-11-13(2)21-17(23)16(12)18(24)22-9-7-19(25,8-10-22)14-3-5-15(20)6-4-14/h3-6,11,25H,7-10H2,1-2H3,(H,21,23). The van der Waals surface area contributed by atoms with Gasteiger partial charge in [0.05, 0.1) is 5.60 Å². The van der Waals surface area contributed by atoms with Gasteiger partial charge in [0.15, 0.2) is 0 Å². The van der Waals surface area contributed by atoms with Gasteiger partial charge >= 0.3 is 0 Å². The highest BCUT2D eigenvalue weighted by Crippen LogP contribution is 2.33.